The van der Waals surface area contributed by atoms with Gasteiger partial charge in [0.15, 0.2) is 0 Å². The number of nitrogens with zero attached hydrogens (tertiary/aromatic N) is 2. The van der Waals surface area contributed by atoms with Gasteiger partial charge in [0, 0.05) is 25.0 Å². The first kappa shape index (κ1) is 15.8. The van der Waals surface area contributed by atoms with Gasteiger partial charge in [-0.1, -0.05) is 0 Å². The molecule has 1 aliphatic carbocycles. The number of fused-ring (bicyclic) bond motifs is 1. The Morgan fingerprint density at radius 2 is 2.04 bits per heavy atom. The van der Waals surface area contributed by atoms with E-state index in [4.69, 9.17) is 4.74 Å². The summed E-state index contributed by atoms with van der Waals surface area (Å²) >= 11 is 0. The summed E-state index contributed by atoms with van der Waals surface area (Å²) in [4.78, 5) is 30.1. The maximum absolute atomic E-state index is 12.4. The van der Waals surface area contributed by atoms with E-state index in [9.17, 15) is 9.59 Å². The summed E-state index contributed by atoms with van der Waals surface area (Å²) in [5, 5.41) is 3.06. The number of nitrogens with one attached hydrogen (secondary N) is 1. The molecule has 2 amide bonds. The number of hydrogen-bond acceptors (Lipinski definition) is 4. The molecule has 0 aromatic carbocycles. The minimum absolute atomic E-state index is 0.0859. The van der Waals surface area contributed by atoms with Gasteiger partial charge in [-0.05, 0) is 57.2 Å². The van der Waals surface area contributed by atoms with Gasteiger partial charge in [0.1, 0.15) is 11.6 Å². The summed E-state index contributed by atoms with van der Waals surface area (Å²) in [7, 11) is 0. The highest BCUT2D eigenvalue weighted by Crippen LogP contribution is 2.24. The van der Waals surface area contributed by atoms with Crippen LogP contribution in [-0.2, 0) is 22.4 Å². The van der Waals surface area contributed by atoms with Gasteiger partial charge in [0.2, 0.25) is 5.91 Å². The van der Waals surface area contributed by atoms with Gasteiger partial charge in [0.05, 0.1) is 0 Å². The number of carbonyl (C=O) groups excluding carboxylic acids is 2. The fraction of sp³-hybridized carbons (Fsp3) is 0.588. The summed E-state index contributed by atoms with van der Waals surface area (Å²) < 4.78 is 5.34. The summed E-state index contributed by atoms with van der Waals surface area (Å²) in [5.41, 5.74) is 1.88. The van der Waals surface area contributed by atoms with Crippen molar-refractivity contribution in [3.05, 3.63) is 29.6 Å². The van der Waals surface area contributed by atoms with Gasteiger partial charge < -0.3 is 10.1 Å². The Hall–Kier alpha value is -2.11. The van der Waals surface area contributed by atoms with Crippen molar-refractivity contribution >= 4 is 12.0 Å². The van der Waals surface area contributed by atoms with Crippen molar-refractivity contribution in [3.8, 4) is 0 Å². The second kappa shape index (κ2) is 5.83. The first-order valence-corrected chi connectivity index (χ1v) is 8.05. The van der Waals surface area contributed by atoms with E-state index in [1.165, 1.54) is 16.0 Å². The van der Waals surface area contributed by atoms with Gasteiger partial charge in [-0.15, -0.1) is 0 Å². The minimum Gasteiger partial charge on any atom is -0.444 e. The lowest BCUT2D eigenvalue weighted by molar-refractivity contribution is -0.131. The van der Waals surface area contributed by atoms with Crippen molar-refractivity contribution in [1.82, 2.24) is 15.2 Å². The second-order valence-electron chi connectivity index (χ2n) is 7.24. The highest BCUT2D eigenvalue weighted by atomic mass is 16.6. The van der Waals surface area contributed by atoms with Crippen molar-refractivity contribution in [2.45, 2.75) is 57.7 Å². The highest BCUT2D eigenvalue weighted by Gasteiger charge is 2.40. The van der Waals surface area contributed by atoms with Gasteiger partial charge in [-0.3, -0.25) is 14.7 Å². The fourth-order valence-electron chi connectivity index (χ4n) is 3.04. The van der Waals surface area contributed by atoms with Crippen LogP contribution in [0.5, 0.6) is 0 Å². The van der Waals surface area contributed by atoms with E-state index in [1.807, 2.05) is 33.0 Å². The molecule has 6 nitrogen and oxygen atoms in total. The van der Waals surface area contributed by atoms with Crippen LogP contribution in [0.2, 0.25) is 0 Å². The Labute approximate surface area is 136 Å². The number of carbonyl (C=O) groups is 2. The monoisotopic (exact) mass is 317 g/mol. The van der Waals surface area contributed by atoms with E-state index in [0.717, 1.165) is 12.8 Å². The van der Waals surface area contributed by atoms with Crippen molar-refractivity contribution in [1.29, 1.82) is 0 Å². The minimum atomic E-state index is -0.548. The zero-order valence-electron chi connectivity index (χ0n) is 13.8. The van der Waals surface area contributed by atoms with Crippen LogP contribution in [0.1, 0.15) is 38.3 Å². The van der Waals surface area contributed by atoms with Crippen LogP contribution >= 0.6 is 0 Å². The predicted molar refractivity (Wildman–Crippen MR) is 84.9 cm³/mol. The van der Waals surface area contributed by atoms with Crippen LogP contribution in [0.25, 0.3) is 0 Å². The molecule has 23 heavy (non-hydrogen) atoms. The standard InChI is InChI=1S/C17H23N3O3/c1-17(2,3)23-16(22)20-7-5-14(20)15(21)19-13-8-11-4-6-18-10-12(11)9-13/h4,6,10,13-14H,5,7-9H2,1-3H3,(H,19,21)/t13?,14-/m1/s1. The molecular formula is C17H23N3O3. The number of aromatic nitrogens is 1. The van der Waals surface area contributed by atoms with Crippen molar-refractivity contribution in [2.24, 2.45) is 0 Å². The number of pyridine rings is 1. The molecule has 1 aliphatic heterocycles. The van der Waals surface area contributed by atoms with Gasteiger partial charge in [-0.25, -0.2) is 4.79 Å². The first-order valence-electron chi connectivity index (χ1n) is 8.05. The van der Waals surface area contributed by atoms with Crippen LogP contribution < -0.4 is 5.32 Å². The van der Waals surface area contributed by atoms with Crippen LogP contribution in [0.15, 0.2) is 18.5 Å². The summed E-state index contributed by atoms with van der Waals surface area (Å²) in [6.07, 6.45) is 5.53. The second-order valence-corrected chi connectivity index (χ2v) is 7.24. The third kappa shape index (κ3) is 3.46. The first-order chi connectivity index (χ1) is 10.8. The maximum Gasteiger partial charge on any atom is 0.410 e. The zero-order chi connectivity index (χ0) is 16.6. The topological polar surface area (TPSA) is 71.5 Å². The smallest absolute Gasteiger partial charge is 0.410 e. The molecule has 1 aromatic heterocycles. The van der Waals surface area contributed by atoms with Crippen LogP contribution in [-0.4, -0.2) is 46.1 Å². The Morgan fingerprint density at radius 3 is 2.65 bits per heavy atom. The lowest BCUT2D eigenvalue weighted by Crippen LogP contribution is -2.60. The third-order valence-electron chi connectivity index (χ3n) is 4.23. The zero-order valence-corrected chi connectivity index (χ0v) is 13.8. The molecule has 2 aliphatic rings. The molecule has 1 fully saturated rings. The molecule has 124 valence electrons. The number of rotatable bonds is 2. The van der Waals surface area contributed by atoms with Crippen LogP contribution in [0, 0.1) is 0 Å². The molecule has 0 radical (unpaired) electrons. The van der Waals surface area contributed by atoms with E-state index in [0.29, 0.717) is 13.0 Å². The summed E-state index contributed by atoms with van der Waals surface area (Å²) in [6.45, 7) is 6.04. The van der Waals surface area contributed by atoms with Crippen molar-refractivity contribution < 1.29 is 14.3 Å². The Kier molecular flexibility index (Phi) is 4.00. The molecule has 2 atom stereocenters. The molecule has 0 bridgehead atoms. The molecule has 1 N–H and O–H groups in total. The van der Waals surface area contributed by atoms with Crippen LogP contribution in [0.3, 0.4) is 0 Å². The molecule has 0 spiro atoms. The predicted octanol–water partition coefficient (Wildman–Crippen LogP) is 1.67. The van der Waals surface area contributed by atoms with Gasteiger partial charge in [-0.2, -0.15) is 0 Å². The lowest BCUT2D eigenvalue weighted by atomic mass is 10.0. The third-order valence-corrected chi connectivity index (χ3v) is 4.23. The number of likely N-dealkylation sites (tertiary alicyclic amines) is 1. The Bertz CT molecular complexity index is 599. The molecule has 1 unspecified atom stereocenters. The summed E-state index contributed by atoms with van der Waals surface area (Å²) in [6, 6.07) is 1.67. The van der Waals surface area contributed by atoms with Gasteiger partial charge in [0.25, 0.3) is 0 Å². The van der Waals surface area contributed by atoms with Gasteiger partial charge >= 0.3 is 6.09 Å². The van der Waals surface area contributed by atoms with E-state index in [1.54, 1.807) is 6.20 Å². The number of amides is 2. The molecule has 3 rings (SSSR count). The molecule has 6 heteroatoms. The largest absolute Gasteiger partial charge is 0.444 e. The normalized spacial score (nSPS) is 23.0. The lowest BCUT2D eigenvalue weighted by Gasteiger charge is -2.40. The van der Waals surface area contributed by atoms with E-state index in [2.05, 4.69) is 10.3 Å². The fourth-order valence-corrected chi connectivity index (χ4v) is 3.04. The van der Waals surface area contributed by atoms with E-state index in [-0.39, 0.29) is 11.9 Å². The summed E-state index contributed by atoms with van der Waals surface area (Å²) in [5.74, 6) is -0.0899. The Balaban J connectivity index is 1.54. The number of hydrogen-bond donors (Lipinski definition) is 1. The van der Waals surface area contributed by atoms with E-state index >= 15 is 0 Å². The van der Waals surface area contributed by atoms with Crippen molar-refractivity contribution in [3.63, 3.8) is 0 Å². The average molecular weight is 317 g/mol. The average Bonchev–Trinajstić information content (AvgIpc) is 2.76. The molecule has 0 saturated carbocycles. The number of ether oxygens (including phenoxy) is 1. The molecule has 2 heterocycles. The quantitative estimate of drug-likeness (QED) is 0.901. The van der Waals surface area contributed by atoms with Crippen molar-refractivity contribution in [2.75, 3.05) is 6.54 Å². The Morgan fingerprint density at radius 1 is 1.30 bits per heavy atom. The van der Waals surface area contributed by atoms with E-state index < -0.39 is 17.7 Å². The highest BCUT2D eigenvalue weighted by molar-refractivity contribution is 5.87. The maximum atomic E-state index is 12.4. The molecule has 1 aromatic rings. The van der Waals surface area contributed by atoms with Crippen LogP contribution in [0.4, 0.5) is 4.79 Å². The molecular weight excluding hydrogens is 294 g/mol. The molecule has 1 saturated heterocycles. The SMILES string of the molecule is CC(C)(C)OC(=O)N1CC[C@@H]1C(=O)NC1Cc2ccncc2C1.